The van der Waals surface area contributed by atoms with E-state index in [4.69, 9.17) is 0 Å². The number of hydrogen-bond donors (Lipinski definition) is 1. The molecule has 1 nitrogen and oxygen atoms in total. The summed E-state index contributed by atoms with van der Waals surface area (Å²) >= 11 is 3.57. The lowest BCUT2D eigenvalue weighted by Crippen LogP contribution is -1.92. The third-order valence-electron chi connectivity index (χ3n) is 4.43. The minimum absolute atomic E-state index is 1.09. The van der Waals surface area contributed by atoms with Crippen molar-refractivity contribution in [2.24, 2.45) is 0 Å². The van der Waals surface area contributed by atoms with Crippen molar-refractivity contribution in [2.45, 2.75) is 64.7 Å². The van der Waals surface area contributed by atoms with Gasteiger partial charge in [0.05, 0.1) is 5.69 Å². The molecule has 2 aromatic rings. The standard InChI is InChI=1S/C22H30BrN/c1-2-3-4-5-6-7-8-9-12-19-15-17-20(18-16-19)24-22-14-11-10-13-21(22)23/h10-11,13-18,24H,2-9,12H2,1H3. The molecule has 0 heterocycles. The zero-order valence-electron chi connectivity index (χ0n) is 14.9. The fraction of sp³-hybridized carbons (Fsp3) is 0.455. The van der Waals surface area contributed by atoms with E-state index in [0.717, 1.165) is 15.8 Å². The highest BCUT2D eigenvalue weighted by Gasteiger charge is 2.00. The second kappa shape index (κ2) is 11.3. The van der Waals surface area contributed by atoms with Crippen molar-refractivity contribution < 1.29 is 0 Å². The number of hydrogen-bond acceptors (Lipinski definition) is 1. The SMILES string of the molecule is CCCCCCCCCCc1ccc(Nc2ccccc2Br)cc1. The number of aryl methyl sites for hydroxylation is 1. The van der Waals surface area contributed by atoms with Crippen molar-refractivity contribution in [1.82, 2.24) is 0 Å². The molecule has 0 aliphatic rings. The molecule has 0 saturated heterocycles. The number of nitrogens with one attached hydrogen (secondary N) is 1. The first-order valence-electron chi connectivity index (χ1n) is 9.40. The van der Waals surface area contributed by atoms with E-state index in [1.54, 1.807) is 0 Å². The molecule has 24 heavy (non-hydrogen) atoms. The van der Waals surface area contributed by atoms with Crippen molar-refractivity contribution in [2.75, 3.05) is 5.32 Å². The van der Waals surface area contributed by atoms with Crippen LogP contribution in [0, 0.1) is 0 Å². The molecule has 0 aromatic heterocycles. The summed E-state index contributed by atoms with van der Waals surface area (Å²) in [6.07, 6.45) is 12.3. The highest BCUT2D eigenvalue weighted by atomic mass is 79.9. The first kappa shape index (κ1) is 19.1. The third-order valence-corrected chi connectivity index (χ3v) is 5.12. The Labute approximate surface area is 156 Å². The van der Waals surface area contributed by atoms with Gasteiger partial charge < -0.3 is 5.32 Å². The number of anilines is 2. The van der Waals surface area contributed by atoms with Crippen LogP contribution >= 0.6 is 15.9 Å². The van der Waals surface area contributed by atoms with Gasteiger partial charge in [0.1, 0.15) is 0 Å². The molecule has 2 rings (SSSR count). The maximum Gasteiger partial charge on any atom is 0.0528 e. The average molecular weight is 388 g/mol. The molecule has 0 unspecified atom stereocenters. The minimum atomic E-state index is 1.09. The van der Waals surface area contributed by atoms with E-state index >= 15 is 0 Å². The second-order valence-corrected chi connectivity index (χ2v) is 7.38. The van der Waals surface area contributed by atoms with Crippen molar-refractivity contribution in [3.05, 3.63) is 58.6 Å². The first-order valence-corrected chi connectivity index (χ1v) is 10.2. The molecule has 0 atom stereocenters. The summed E-state index contributed by atoms with van der Waals surface area (Å²) in [5, 5.41) is 3.45. The van der Waals surface area contributed by atoms with Crippen LogP contribution in [0.3, 0.4) is 0 Å². The first-order chi connectivity index (χ1) is 11.8. The molecular weight excluding hydrogens is 358 g/mol. The van der Waals surface area contributed by atoms with Crippen molar-refractivity contribution in [1.29, 1.82) is 0 Å². The quantitative estimate of drug-likeness (QED) is 0.386. The Morgan fingerprint density at radius 2 is 1.38 bits per heavy atom. The van der Waals surface area contributed by atoms with E-state index in [1.807, 2.05) is 12.1 Å². The fourth-order valence-electron chi connectivity index (χ4n) is 2.94. The summed E-state index contributed by atoms with van der Waals surface area (Å²) in [6.45, 7) is 2.28. The van der Waals surface area contributed by atoms with Crippen LogP contribution in [0.15, 0.2) is 53.0 Å². The molecule has 0 bridgehead atoms. The lowest BCUT2D eigenvalue weighted by Gasteiger charge is -2.09. The molecular formula is C22H30BrN. The van der Waals surface area contributed by atoms with Crippen molar-refractivity contribution in [3.8, 4) is 0 Å². The maximum atomic E-state index is 3.57. The van der Waals surface area contributed by atoms with Gasteiger partial charge in [-0.2, -0.15) is 0 Å². The summed E-state index contributed by atoms with van der Waals surface area (Å²) in [5.74, 6) is 0. The smallest absolute Gasteiger partial charge is 0.0528 e. The predicted molar refractivity (Wildman–Crippen MR) is 110 cm³/mol. The van der Waals surface area contributed by atoms with Gasteiger partial charge >= 0.3 is 0 Å². The van der Waals surface area contributed by atoms with Gasteiger partial charge in [-0.3, -0.25) is 0 Å². The van der Waals surface area contributed by atoms with Gasteiger partial charge in [-0.25, -0.2) is 0 Å². The van der Waals surface area contributed by atoms with Gasteiger partial charge in [-0.05, 0) is 58.6 Å². The lowest BCUT2D eigenvalue weighted by atomic mass is 10.0. The minimum Gasteiger partial charge on any atom is -0.355 e. The largest absolute Gasteiger partial charge is 0.355 e. The van der Waals surface area contributed by atoms with E-state index in [-0.39, 0.29) is 0 Å². The van der Waals surface area contributed by atoms with E-state index < -0.39 is 0 Å². The highest BCUT2D eigenvalue weighted by Crippen LogP contribution is 2.25. The Hall–Kier alpha value is -1.28. The highest BCUT2D eigenvalue weighted by molar-refractivity contribution is 9.10. The average Bonchev–Trinajstić information content (AvgIpc) is 2.61. The predicted octanol–water partition coefficient (Wildman–Crippen LogP) is 7.88. The van der Waals surface area contributed by atoms with Gasteiger partial charge in [0.25, 0.3) is 0 Å². The molecule has 0 amide bonds. The van der Waals surface area contributed by atoms with Crippen LogP contribution in [0.2, 0.25) is 0 Å². The molecule has 0 radical (unpaired) electrons. The molecule has 0 spiro atoms. The Morgan fingerprint density at radius 1 is 0.750 bits per heavy atom. The Balaban J connectivity index is 1.66. The van der Waals surface area contributed by atoms with Crippen LogP contribution in [-0.2, 0) is 6.42 Å². The third kappa shape index (κ3) is 7.09. The van der Waals surface area contributed by atoms with E-state index in [0.29, 0.717) is 0 Å². The number of rotatable bonds is 11. The van der Waals surface area contributed by atoms with Gasteiger partial charge in [0.15, 0.2) is 0 Å². The van der Waals surface area contributed by atoms with Crippen molar-refractivity contribution in [3.63, 3.8) is 0 Å². The number of unbranched alkanes of at least 4 members (excludes halogenated alkanes) is 7. The summed E-state index contributed by atoms with van der Waals surface area (Å²) in [7, 11) is 0. The topological polar surface area (TPSA) is 12.0 Å². The van der Waals surface area contributed by atoms with E-state index in [2.05, 4.69) is 64.6 Å². The Bertz CT molecular complexity index is 577. The van der Waals surface area contributed by atoms with Gasteiger partial charge in [-0.15, -0.1) is 0 Å². The summed E-state index contributed by atoms with van der Waals surface area (Å²) < 4.78 is 1.09. The number of para-hydroxylation sites is 1. The number of benzene rings is 2. The van der Waals surface area contributed by atoms with Crippen LogP contribution in [0.5, 0.6) is 0 Å². The summed E-state index contributed by atoms with van der Waals surface area (Å²) in [4.78, 5) is 0. The monoisotopic (exact) mass is 387 g/mol. The molecule has 2 heteroatoms. The Morgan fingerprint density at radius 3 is 2.04 bits per heavy atom. The molecule has 130 valence electrons. The zero-order chi connectivity index (χ0) is 17.0. The second-order valence-electron chi connectivity index (χ2n) is 6.53. The van der Waals surface area contributed by atoms with Crippen LogP contribution in [-0.4, -0.2) is 0 Å². The van der Waals surface area contributed by atoms with Crippen LogP contribution < -0.4 is 5.32 Å². The normalized spacial score (nSPS) is 10.8. The fourth-order valence-corrected chi connectivity index (χ4v) is 3.32. The van der Waals surface area contributed by atoms with Gasteiger partial charge in [0, 0.05) is 10.2 Å². The van der Waals surface area contributed by atoms with E-state index in [9.17, 15) is 0 Å². The zero-order valence-corrected chi connectivity index (χ0v) is 16.4. The number of halogens is 1. The maximum absolute atomic E-state index is 3.57. The van der Waals surface area contributed by atoms with E-state index in [1.165, 1.54) is 63.4 Å². The summed E-state index contributed by atoms with van der Waals surface area (Å²) in [5.41, 5.74) is 3.69. The van der Waals surface area contributed by atoms with Gasteiger partial charge in [0.2, 0.25) is 0 Å². The summed E-state index contributed by atoms with van der Waals surface area (Å²) in [6, 6.07) is 17.1. The Kier molecular flexibility index (Phi) is 8.97. The molecule has 1 N–H and O–H groups in total. The van der Waals surface area contributed by atoms with Gasteiger partial charge in [-0.1, -0.05) is 76.1 Å². The van der Waals surface area contributed by atoms with Crippen LogP contribution in [0.4, 0.5) is 11.4 Å². The van der Waals surface area contributed by atoms with Crippen molar-refractivity contribution >= 4 is 27.3 Å². The molecule has 0 aliphatic heterocycles. The molecule has 0 fully saturated rings. The molecule has 2 aromatic carbocycles. The van der Waals surface area contributed by atoms with Crippen LogP contribution in [0.25, 0.3) is 0 Å². The molecule has 0 saturated carbocycles. The lowest BCUT2D eigenvalue weighted by molar-refractivity contribution is 0.575. The van der Waals surface area contributed by atoms with Crippen LogP contribution in [0.1, 0.15) is 63.9 Å². The molecule has 0 aliphatic carbocycles.